The summed E-state index contributed by atoms with van der Waals surface area (Å²) in [6.45, 7) is 9.78. The molecular weight excluding hydrogens is 316 g/mol. The van der Waals surface area contributed by atoms with Crippen LogP contribution in [-0.2, 0) is 16.1 Å². The number of hydrogen-bond donors (Lipinski definition) is 0. The molecule has 1 heterocycles. The zero-order chi connectivity index (χ0) is 18.6. The van der Waals surface area contributed by atoms with E-state index in [2.05, 4.69) is 18.4 Å². The third kappa shape index (κ3) is 4.21. The van der Waals surface area contributed by atoms with Crippen molar-refractivity contribution in [3.05, 3.63) is 36.0 Å². The number of methoxy groups -OCH3 is 1. The van der Waals surface area contributed by atoms with Gasteiger partial charge in [0, 0.05) is 36.7 Å². The fraction of sp³-hybridized carbons (Fsp3) is 0.500. The Morgan fingerprint density at radius 3 is 2.48 bits per heavy atom. The molecule has 5 heteroatoms. The molecule has 1 unspecified atom stereocenters. The molecule has 1 aromatic carbocycles. The Morgan fingerprint density at radius 1 is 1.20 bits per heavy atom. The van der Waals surface area contributed by atoms with Gasteiger partial charge < -0.3 is 14.2 Å². The summed E-state index contributed by atoms with van der Waals surface area (Å²) >= 11 is 0. The predicted molar refractivity (Wildman–Crippen MR) is 99.5 cm³/mol. The first kappa shape index (κ1) is 19.0. The number of nitrogens with zero attached hydrogens (tertiary/aromatic N) is 2. The summed E-state index contributed by atoms with van der Waals surface area (Å²) in [6.07, 6.45) is 1.94. The molecule has 5 nitrogen and oxygen atoms in total. The molecule has 2 aromatic rings. The molecule has 0 aliphatic heterocycles. The van der Waals surface area contributed by atoms with Crippen LogP contribution in [0, 0.1) is 11.8 Å². The van der Waals surface area contributed by atoms with E-state index < -0.39 is 0 Å². The Morgan fingerprint density at radius 2 is 1.88 bits per heavy atom. The Labute approximate surface area is 149 Å². The Bertz CT molecular complexity index is 748. The van der Waals surface area contributed by atoms with E-state index in [9.17, 15) is 9.59 Å². The topological polar surface area (TPSA) is 51.5 Å². The largest absolute Gasteiger partial charge is 0.469 e. The second-order valence-corrected chi connectivity index (χ2v) is 6.87. The van der Waals surface area contributed by atoms with Gasteiger partial charge in [0.2, 0.25) is 0 Å². The van der Waals surface area contributed by atoms with E-state index in [-0.39, 0.29) is 17.8 Å². The van der Waals surface area contributed by atoms with E-state index in [4.69, 9.17) is 4.74 Å². The lowest BCUT2D eigenvalue weighted by atomic mass is 10.1. The van der Waals surface area contributed by atoms with Gasteiger partial charge in [-0.15, -0.1) is 0 Å². The molecule has 0 saturated heterocycles. The molecule has 0 spiro atoms. The number of carbonyl (C=O) groups excluding carboxylic acids is 2. The van der Waals surface area contributed by atoms with E-state index in [1.54, 1.807) is 11.8 Å². The molecule has 1 atom stereocenters. The number of carbonyl (C=O) groups is 2. The zero-order valence-corrected chi connectivity index (χ0v) is 15.8. The van der Waals surface area contributed by atoms with E-state index in [1.165, 1.54) is 7.11 Å². The third-order valence-electron chi connectivity index (χ3n) is 4.35. The molecule has 0 N–H and O–H groups in total. The first-order chi connectivity index (χ1) is 11.9. The second kappa shape index (κ2) is 8.19. The van der Waals surface area contributed by atoms with Crippen molar-refractivity contribution >= 4 is 22.8 Å². The summed E-state index contributed by atoms with van der Waals surface area (Å²) in [5, 5.41) is 0.956. The van der Waals surface area contributed by atoms with Gasteiger partial charge in [0.25, 0.3) is 5.91 Å². The number of benzene rings is 1. The van der Waals surface area contributed by atoms with E-state index >= 15 is 0 Å². The molecule has 1 aromatic heterocycles. The van der Waals surface area contributed by atoms with Crippen molar-refractivity contribution in [2.24, 2.45) is 11.8 Å². The highest BCUT2D eigenvalue weighted by atomic mass is 16.5. The normalized spacial score (nSPS) is 12.4. The summed E-state index contributed by atoms with van der Waals surface area (Å²) in [7, 11) is 1.37. The van der Waals surface area contributed by atoms with Crippen LogP contribution in [-0.4, -0.2) is 41.5 Å². The SMILES string of the molecule is CCN(CC(C)C(=O)OC)C(=O)c1cn(CC(C)C)c2ccccc12. The molecule has 25 heavy (non-hydrogen) atoms. The lowest BCUT2D eigenvalue weighted by Crippen LogP contribution is -2.37. The number of para-hydroxylation sites is 1. The maximum absolute atomic E-state index is 13.1. The number of hydrogen-bond acceptors (Lipinski definition) is 3. The fourth-order valence-corrected chi connectivity index (χ4v) is 3.09. The Balaban J connectivity index is 2.35. The molecule has 0 bridgehead atoms. The van der Waals surface area contributed by atoms with Crippen molar-refractivity contribution in [3.63, 3.8) is 0 Å². The first-order valence-corrected chi connectivity index (χ1v) is 8.84. The molecule has 0 aliphatic carbocycles. The lowest BCUT2D eigenvalue weighted by molar-refractivity contribution is -0.145. The van der Waals surface area contributed by atoms with Crippen LogP contribution in [0.4, 0.5) is 0 Å². The van der Waals surface area contributed by atoms with E-state index in [0.717, 1.165) is 17.4 Å². The summed E-state index contributed by atoms with van der Waals surface area (Å²) < 4.78 is 6.92. The quantitative estimate of drug-likeness (QED) is 0.722. The standard InChI is InChI=1S/C20H28N2O3/c1-6-21(12-15(4)20(24)25-5)19(23)17-13-22(11-14(2)3)18-10-8-7-9-16(17)18/h7-10,13-15H,6,11-12H2,1-5H3. The molecule has 136 valence electrons. The number of fused-ring (bicyclic) bond motifs is 1. The highest BCUT2D eigenvalue weighted by Gasteiger charge is 2.24. The van der Waals surface area contributed by atoms with Gasteiger partial charge in [0.15, 0.2) is 0 Å². The summed E-state index contributed by atoms with van der Waals surface area (Å²) in [5.74, 6) is -0.205. The van der Waals surface area contributed by atoms with Crippen molar-refractivity contribution in [3.8, 4) is 0 Å². The first-order valence-electron chi connectivity index (χ1n) is 8.84. The minimum Gasteiger partial charge on any atom is -0.469 e. The maximum Gasteiger partial charge on any atom is 0.310 e. The molecule has 2 rings (SSSR count). The van der Waals surface area contributed by atoms with Gasteiger partial charge in [-0.05, 0) is 18.9 Å². The maximum atomic E-state index is 13.1. The Hall–Kier alpha value is -2.30. The van der Waals surface area contributed by atoms with Crippen LogP contribution in [0.5, 0.6) is 0 Å². The monoisotopic (exact) mass is 344 g/mol. The van der Waals surface area contributed by atoms with Crippen LogP contribution in [0.15, 0.2) is 30.5 Å². The highest BCUT2D eigenvalue weighted by molar-refractivity contribution is 6.07. The predicted octanol–water partition coefficient (Wildman–Crippen LogP) is 3.57. The minimum atomic E-state index is -0.349. The number of esters is 1. The van der Waals surface area contributed by atoms with Crippen molar-refractivity contribution in [1.82, 2.24) is 9.47 Å². The minimum absolute atomic E-state index is 0.0445. The molecule has 0 aliphatic rings. The average Bonchev–Trinajstić information content (AvgIpc) is 2.96. The molecule has 0 fully saturated rings. The van der Waals surface area contributed by atoms with Crippen LogP contribution in [0.3, 0.4) is 0 Å². The number of ether oxygens (including phenoxy) is 1. The highest BCUT2D eigenvalue weighted by Crippen LogP contribution is 2.24. The summed E-state index contributed by atoms with van der Waals surface area (Å²) in [4.78, 5) is 26.5. The summed E-state index contributed by atoms with van der Waals surface area (Å²) in [6, 6.07) is 7.97. The van der Waals surface area contributed by atoms with Gasteiger partial charge in [0.1, 0.15) is 0 Å². The van der Waals surface area contributed by atoms with Crippen LogP contribution in [0.1, 0.15) is 38.1 Å². The van der Waals surface area contributed by atoms with Crippen LogP contribution in [0.25, 0.3) is 10.9 Å². The zero-order valence-electron chi connectivity index (χ0n) is 15.8. The van der Waals surface area contributed by atoms with E-state index in [1.807, 2.05) is 37.4 Å². The lowest BCUT2D eigenvalue weighted by Gasteiger charge is -2.23. The van der Waals surface area contributed by atoms with Gasteiger partial charge in [-0.25, -0.2) is 0 Å². The summed E-state index contributed by atoms with van der Waals surface area (Å²) in [5.41, 5.74) is 1.76. The molecule has 0 saturated carbocycles. The van der Waals surface area contributed by atoms with Gasteiger partial charge in [-0.1, -0.05) is 39.0 Å². The fourth-order valence-electron chi connectivity index (χ4n) is 3.09. The smallest absolute Gasteiger partial charge is 0.310 e. The van der Waals surface area contributed by atoms with Crippen molar-refractivity contribution in [2.75, 3.05) is 20.2 Å². The van der Waals surface area contributed by atoms with Gasteiger partial charge in [0.05, 0.1) is 18.6 Å². The van der Waals surface area contributed by atoms with Crippen molar-refractivity contribution < 1.29 is 14.3 Å². The van der Waals surface area contributed by atoms with Gasteiger partial charge >= 0.3 is 5.97 Å². The average molecular weight is 344 g/mol. The number of aromatic nitrogens is 1. The van der Waals surface area contributed by atoms with Crippen molar-refractivity contribution in [1.29, 1.82) is 0 Å². The van der Waals surface area contributed by atoms with Crippen LogP contribution < -0.4 is 0 Å². The van der Waals surface area contributed by atoms with Gasteiger partial charge in [-0.3, -0.25) is 9.59 Å². The van der Waals surface area contributed by atoms with Crippen molar-refractivity contribution in [2.45, 2.75) is 34.2 Å². The third-order valence-corrected chi connectivity index (χ3v) is 4.35. The van der Waals surface area contributed by atoms with Crippen LogP contribution >= 0.6 is 0 Å². The molecule has 1 amide bonds. The van der Waals surface area contributed by atoms with E-state index in [0.29, 0.717) is 24.6 Å². The second-order valence-electron chi connectivity index (χ2n) is 6.87. The molecule has 0 radical (unpaired) electrons. The number of rotatable bonds is 7. The molecular formula is C20H28N2O3. The number of amides is 1. The Kier molecular flexibility index (Phi) is 6.23. The van der Waals surface area contributed by atoms with Gasteiger partial charge in [-0.2, -0.15) is 0 Å². The van der Waals surface area contributed by atoms with Crippen LogP contribution in [0.2, 0.25) is 0 Å².